The van der Waals surface area contributed by atoms with Crippen molar-refractivity contribution in [3.8, 4) is 22.9 Å². The Balaban J connectivity index is 1.59. The van der Waals surface area contributed by atoms with Gasteiger partial charge in [0.05, 0.1) is 25.7 Å². The van der Waals surface area contributed by atoms with Crippen molar-refractivity contribution in [2.24, 2.45) is 0 Å². The van der Waals surface area contributed by atoms with Gasteiger partial charge in [-0.05, 0) is 54.4 Å². The van der Waals surface area contributed by atoms with Crippen molar-refractivity contribution >= 4 is 15.9 Å². The Bertz CT molecular complexity index is 1210. The Kier molecular flexibility index (Phi) is 7.67. The molecule has 3 aromatic rings. The number of nitrogens with zero attached hydrogens (tertiary/aromatic N) is 3. The van der Waals surface area contributed by atoms with Crippen molar-refractivity contribution in [1.29, 1.82) is 0 Å². The van der Waals surface area contributed by atoms with Crippen LogP contribution in [0.5, 0.6) is 11.5 Å². The van der Waals surface area contributed by atoms with Crippen LogP contribution in [0.25, 0.3) is 11.4 Å². The van der Waals surface area contributed by atoms with E-state index in [-0.39, 0.29) is 29.7 Å². The maximum atomic E-state index is 12.4. The number of carbonyl (C=O) groups is 1. The number of rotatable bonds is 10. The van der Waals surface area contributed by atoms with E-state index >= 15 is 0 Å². The summed E-state index contributed by atoms with van der Waals surface area (Å²) in [5.41, 5.74) is 1.38. The summed E-state index contributed by atoms with van der Waals surface area (Å²) in [5.74, 6) is 1.66. The van der Waals surface area contributed by atoms with Crippen LogP contribution in [0.2, 0.25) is 0 Å². The molecule has 1 amide bonds. The van der Waals surface area contributed by atoms with Gasteiger partial charge < -0.3 is 19.3 Å². The molecule has 1 aromatic heterocycles. The molecule has 0 saturated carbocycles. The Morgan fingerprint density at radius 3 is 2.45 bits per heavy atom. The van der Waals surface area contributed by atoms with E-state index < -0.39 is 10.0 Å². The number of nitrogens with one attached hydrogen (secondary N) is 1. The zero-order valence-corrected chi connectivity index (χ0v) is 19.7. The monoisotopic (exact) mass is 474 g/mol. The molecule has 0 unspecified atom stereocenters. The third kappa shape index (κ3) is 5.88. The van der Waals surface area contributed by atoms with Crippen LogP contribution in [0.1, 0.15) is 17.9 Å². The minimum atomic E-state index is -3.59. The number of aromatic nitrogens is 2. The summed E-state index contributed by atoms with van der Waals surface area (Å²) >= 11 is 0. The van der Waals surface area contributed by atoms with Crippen LogP contribution in [0, 0.1) is 0 Å². The van der Waals surface area contributed by atoms with Gasteiger partial charge >= 0.3 is 0 Å². The lowest BCUT2D eigenvalue weighted by Gasteiger charge is -2.14. The van der Waals surface area contributed by atoms with Crippen molar-refractivity contribution in [2.45, 2.75) is 24.3 Å². The largest absolute Gasteiger partial charge is 0.497 e. The molecule has 2 aromatic carbocycles. The number of carbonyl (C=O) groups excluding carboxylic acids is 1. The van der Waals surface area contributed by atoms with Gasteiger partial charge in [0, 0.05) is 26.1 Å². The number of methoxy groups -OCH3 is 2. The van der Waals surface area contributed by atoms with Crippen molar-refractivity contribution in [3.63, 3.8) is 0 Å². The summed E-state index contributed by atoms with van der Waals surface area (Å²) < 4.78 is 41.6. The summed E-state index contributed by atoms with van der Waals surface area (Å²) in [4.78, 5) is 16.8. The Labute approximate surface area is 192 Å². The molecule has 1 heterocycles. The lowest BCUT2D eigenvalue weighted by atomic mass is 10.1. The molecule has 0 aliphatic carbocycles. The molecule has 0 fully saturated rings. The zero-order chi connectivity index (χ0) is 24.0. The molecule has 0 aliphatic heterocycles. The van der Waals surface area contributed by atoms with Gasteiger partial charge in [-0.25, -0.2) is 12.7 Å². The van der Waals surface area contributed by atoms with Crippen LogP contribution in [-0.2, 0) is 27.8 Å². The fourth-order valence-corrected chi connectivity index (χ4v) is 3.97. The second kappa shape index (κ2) is 10.5. The lowest BCUT2D eigenvalue weighted by molar-refractivity contribution is -0.121. The fraction of sp³-hybridized carbons (Fsp3) is 0.318. The standard InChI is InChI=1S/C22H26N4O6S/c1-26(2)33(28,29)18-10-11-19(31-4)16(13-18)7-12-20(27)23-14-21-24-22(25-32-21)15-5-8-17(30-3)9-6-15/h5-6,8-11,13H,7,12,14H2,1-4H3,(H,23,27). The highest BCUT2D eigenvalue weighted by atomic mass is 32.2. The van der Waals surface area contributed by atoms with Crippen LogP contribution < -0.4 is 14.8 Å². The van der Waals surface area contributed by atoms with Gasteiger partial charge in [0.15, 0.2) is 0 Å². The SMILES string of the molecule is COc1ccc(-c2noc(CNC(=O)CCc3cc(S(=O)(=O)N(C)C)ccc3OC)n2)cc1. The molecule has 3 rings (SSSR count). The summed E-state index contributed by atoms with van der Waals surface area (Å²) in [7, 11) is 2.41. The topological polar surface area (TPSA) is 124 Å². The van der Waals surface area contributed by atoms with E-state index in [2.05, 4.69) is 15.5 Å². The summed E-state index contributed by atoms with van der Waals surface area (Å²) in [6.45, 7) is 0.0776. The fourth-order valence-electron chi connectivity index (χ4n) is 3.02. The number of hydrogen-bond acceptors (Lipinski definition) is 8. The van der Waals surface area contributed by atoms with Gasteiger partial charge in [0.2, 0.25) is 27.6 Å². The van der Waals surface area contributed by atoms with Gasteiger partial charge in [0.25, 0.3) is 0 Å². The van der Waals surface area contributed by atoms with E-state index in [4.69, 9.17) is 14.0 Å². The molecule has 0 radical (unpaired) electrons. The van der Waals surface area contributed by atoms with Crippen molar-refractivity contribution in [1.82, 2.24) is 19.8 Å². The van der Waals surface area contributed by atoms with Gasteiger partial charge in [-0.2, -0.15) is 4.98 Å². The Morgan fingerprint density at radius 2 is 1.82 bits per heavy atom. The zero-order valence-electron chi connectivity index (χ0n) is 18.9. The summed E-state index contributed by atoms with van der Waals surface area (Å²) in [5, 5.41) is 6.66. The summed E-state index contributed by atoms with van der Waals surface area (Å²) in [6, 6.07) is 11.8. The predicted octanol–water partition coefficient (Wildman–Crippen LogP) is 2.25. The first-order chi connectivity index (χ1) is 15.7. The maximum absolute atomic E-state index is 12.4. The predicted molar refractivity (Wildman–Crippen MR) is 120 cm³/mol. The molecule has 176 valence electrons. The molecule has 1 N–H and O–H groups in total. The first-order valence-electron chi connectivity index (χ1n) is 10.1. The third-order valence-electron chi connectivity index (χ3n) is 4.90. The van der Waals surface area contributed by atoms with E-state index in [0.717, 1.165) is 15.6 Å². The highest BCUT2D eigenvalue weighted by molar-refractivity contribution is 7.89. The van der Waals surface area contributed by atoms with Crippen molar-refractivity contribution in [2.75, 3.05) is 28.3 Å². The quantitative estimate of drug-likeness (QED) is 0.475. The molecule has 0 saturated heterocycles. The van der Waals surface area contributed by atoms with Crippen molar-refractivity contribution < 1.29 is 27.2 Å². The number of amides is 1. The smallest absolute Gasteiger partial charge is 0.246 e. The maximum Gasteiger partial charge on any atom is 0.246 e. The van der Waals surface area contributed by atoms with Gasteiger partial charge in [-0.1, -0.05) is 5.16 Å². The molecular formula is C22H26N4O6S. The molecule has 10 nitrogen and oxygen atoms in total. The molecule has 11 heteroatoms. The van der Waals surface area contributed by atoms with Crippen LogP contribution >= 0.6 is 0 Å². The highest BCUT2D eigenvalue weighted by Gasteiger charge is 2.19. The molecular weight excluding hydrogens is 448 g/mol. The Morgan fingerprint density at radius 1 is 1.09 bits per heavy atom. The van der Waals surface area contributed by atoms with E-state index in [1.807, 2.05) is 12.1 Å². The highest BCUT2D eigenvalue weighted by Crippen LogP contribution is 2.25. The van der Waals surface area contributed by atoms with E-state index in [1.54, 1.807) is 25.3 Å². The third-order valence-corrected chi connectivity index (χ3v) is 6.72. The second-order valence-corrected chi connectivity index (χ2v) is 9.43. The van der Waals surface area contributed by atoms with E-state index in [1.165, 1.54) is 33.3 Å². The van der Waals surface area contributed by atoms with E-state index in [9.17, 15) is 13.2 Å². The number of ether oxygens (including phenoxy) is 2. The van der Waals surface area contributed by atoms with Crippen LogP contribution in [-0.4, -0.2) is 57.1 Å². The van der Waals surface area contributed by atoms with Crippen LogP contribution in [0.3, 0.4) is 0 Å². The van der Waals surface area contributed by atoms with Crippen molar-refractivity contribution in [3.05, 3.63) is 53.9 Å². The number of benzene rings is 2. The average molecular weight is 475 g/mol. The summed E-state index contributed by atoms with van der Waals surface area (Å²) in [6.07, 6.45) is 0.425. The normalized spacial score (nSPS) is 11.4. The molecule has 0 atom stereocenters. The lowest BCUT2D eigenvalue weighted by Crippen LogP contribution is -2.24. The second-order valence-electron chi connectivity index (χ2n) is 7.28. The van der Waals surface area contributed by atoms with Gasteiger partial charge in [-0.3, -0.25) is 4.79 Å². The number of hydrogen-bond donors (Lipinski definition) is 1. The molecule has 0 bridgehead atoms. The molecule has 33 heavy (non-hydrogen) atoms. The van der Waals surface area contributed by atoms with Crippen LogP contribution in [0.15, 0.2) is 51.9 Å². The van der Waals surface area contributed by atoms with Crippen LogP contribution in [0.4, 0.5) is 0 Å². The van der Waals surface area contributed by atoms with E-state index in [0.29, 0.717) is 23.6 Å². The minimum Gasteiger partial charge on any atom is -0.497 e. The average Bonchev–Trinajstić information content (AvgIpc) is 3.30. The number of sulfonamides is 1. The number of aryl methyl sites for hydroxylation is 1. The first-order valence-corrected chi connectivity index (χ1v) is 11.5. The molecule has 0 aliphatic rings. The minimum absolute atomic E-state index is 0.0776. The first kappa shape index (κ1) is 24.2. The van der Waals surface area contributed by atoms with Gasteiger partial charge in [-0.15, -0.1) is 0 Å². The molecule has 0 spiro atoms. The van der Waals surface area contributed by atoms with Gasteiger partial charge in [0.1, 0.15) is 11.5 Å². The Hall–Kier alpha value is -3.44.